The highest BCUT2D eigenvalue weighted by molar-refractivity contribution is 8.02. The van der Waals surface area contributed by atoms with Gasteiger partial charge in [-0.05, 0) is 23.6 Å². The predicted molar refractivity (Wildman–Crippen MR) is 58.1 cm³/mol. The van der Waals surface area contributed by atoms with E-state index in [9.17, 15) is 4.79 Å². The summed E-state index contributed by atoms with van der Waals surface area (Å²) in [5.41, 5.74) is 0. The molecule has 2 aromatic heterocycles. The van der Waals surface area contributed by atoms with E-state index in [0.29, 0.717) is 0 Å². The average Bonchev–Trinajstić information content (AvgIpc) is 2.76. The fourth-order valence-corrected chi connectivity index (χ4v) is 3.87. The Balaban J connectivity index is 2.14. The van der Waals surface area contributed by atoms with Gasteiger partial charge in [0.2, 0.25) is 0 Å². The van der Waals surface area contributed by atoms with E-state index in [1.165, 1.54) is 19.8 Å². The summed E-state index contributed by atoms with van der Waals surface area (Å²) in [6, 6.07) is 7.95. The molecule has 0 unspecified atom stereocenters. The molecule has 0 aliphatic heterocycles. The van der Waals surface area contributed by atoms with E-state index in [-0.39, 0.29) is 0 Å². The quantitative estimate of drug-likeness (QED) is 0.741. The molecule has 0 radical (unpaired) electrons. The van der Waals surface area contributed by atoms with Gasteiger partial charge in [0.1, 0.15) is 0 Å². The second-order valence-corrected chi connectivity index (χ2v) is 5.97. The molecule has 66 valence electrons. The van der Waals surface area contributed by atoms with E-state index in [1.807, 2.05) is 18.2 Å². The van der Waals surface area contributed by atoms with Gasteiger partial charge in [-0.2, -0.15) is 0 Å². The van der Waals surface area contributed by atoms with Crippen molar-refractivity contribution in [3.63, 3.8) is 0 Å². The zero-order chi connectivity index (χ0) is 9.10. The Kier molecular flexibility index (Phi) is 2.83. The van der Waals surface area contributed by atoms with Crippen LogP contribution in [0.2, 0.25) is 0 Å². The first-order valence-electron chi connectivity index (χ1n) is 3.65. The molecule has 2 rings (SSSR count). The van der Waals surface area contributed by atoms with Crippen LogP contribution in [-0.4, -0.2) is 6.29 Å². The van der Waals surface area contributed by atoms with Gasteiger partial charge >= 0.3 is 0 Å². The molecule has 2 heterocycles. The van der Waals surface area contributed by atoms with E-state index in [1.54, 1.807) is 23.1 Å². The molecular weight excluding hydrogens is 220 g/mol. The van der Waals surface area contributed by atoms with Crippen LogP contribution in [0.25, 0.3) is 0 Å². The minimum absolute atomic E-state index is 0.791. The Labute approximate surface area is 88.4 Å². The summed E-state index contributed by atoms with van der Waals surface area (Å²) in [5.74, 6) is 0. The number of aldehydes is 1. The van der Waals surface area contributed by atoms with Crippen LogP contribution in [0.5, 0.6) is 0 Å². The second-order valence-electron chi connectivity index (χ2n) is 2.31. The Morgan fingerprint density at radius 2 is 2.15 bits per heavy atom. The minimum Gasteiger partial charge on any atom is -0.297 e. The van der Waals surface area contributed by atoms with Crippen molar-refractivity contribution in [1.82, 2.24) is 0 Å². The highest BCUT2D eigenvalue weighted by Crippen LogP contribution is 2.35. The summed E-state index contributed by atoms with van der Waals surface area (Å²) in [5, 5.41) is 2.05. The molecule has 0 saturated heterocycles. The molecule has 0 fully saturated rings. The monoisotopic (exact) mass is 226 g/mol. The Morgan fingerprint density at radius 1 is 1.23 bits per heavy atom. The zero-order valence-electron chi connectivity index (χ0n) is 6.60. The first-order valence-corrected chi connectivity index (χ1v) is 6.16. The largest absolute Gasteiger partial charge is 0.297 e. The molecule has 0 aliphatic rings. The summed E-state index contributed by atoms with van der Waals surface area (Å²) < 4.78 is 2.43. The van der Waals surface area contributed by atoms with Crippen molar-refractivity contribution in [3.8, 4) is 0 Å². The number of rotatable bonds is 3. The third-order valence-electron chi connectivity index (χ3n) is 1.41. The van der Waals surface area contributed by atoms with Crippen LogP contribution in [-0.2, 0) is 0 Å². The highest BCUT2D eigenvalue weighted by Gasteiger charge is 2.01. The third-order valence-corrected chi connectivity index (χ3v) is 4.59. The molecule has 4 heteroatoms. The van der Waals surface area contributed by atoms with E-state index in [2.05, 4.69) is 11.4 Å². The van der Waals surface area contributed by atoms with Gasteiger partial charge in [0.25, 0.3) is 0 Å². The SMILES string of the molecule is O=Cc1ccc(Sc2cccs2)s1. The van der Waals surface area contributed by atoms with Gasteiger partial charge in [-0.15, -0.1) is 22.7 Å². The molecule has 0 N–H and O–H groups in total. The molecule has 0 saturated carbocycles. The first-order chi connectivity index (χ1) is 6.38. The molecule has 0 atom stereocenters. The molecular formula is C9H6OS3. The smallest absolute Gasteiger partial charge is 0.160 e. The summed E-state index contributed by atoms with van der Waals surface area (Å²) in [6.07, 6.45) is 0.892. The summed E-state index contributed by atoms with van der Waals surface area (Å²) in [4.78, 5) is 11.2. The molecule has 0 aliphatic carbocycles. The third kappa shape index (κ3) is 2.21. The van der Waals surface area contributed by atoms with Crippen LogP contribution in [0.4, 0.5) is 0 Å². The van der Waals surface area contributed by atoms with E-state index < -0.39 is 0 Å². The minimum atomic E-state index is 0.791. The maximum Gasteiger partial charge on any atom is 0.160 e. The average molecular weight is 226 g/mol. The number of thiophene rings is 2. The zero-order valence-corrected chi connectivity index (χ0v) is 9.05. The summed E-state index contributed by atoms with van der Waals surface area (Å²) >= 11 is 4.96. The van der Waals surface area contributed by atoms with Crippen molar-refractivity contribution >= 4 is 40.7 Å². The van der Waals surface area contributed by atoms with E-state index >= 15 is 0 Å². The number of carbonyl (C=O) groups is 1. The van der Waals surface area contributed by atoms with E-state index in [4.69, 9.17) is 0 Å². The normalized spacial score (nSPS) is 10.2. The lowest BCUT2D eigenvalue weighted by Gasteiger charge is -1.89. The van der Waals surface area contributed by atoms with Crippen molar-refractivity contribution < 1.29 is 4.79 Å². The second kappa shape index (κ2) is 4.09. The topological polar surface area (TPSA) is 17.1 Å². The van der Waals surface area contributed by atoms with Gasteiger partial charge in [0.05, 0.1) is 13.3 Å². The number of carbonyl (C=O) groups excluding carboxylic acids is 1. The standard InChI is InChI=1S/C9H6OS3/c10-6-7-3-4-9(12-7)13-8-2-1-5-11-8/h1-6H. The predicted octanol–water partition coefficient (Wildman–Crippen LogP) is 3.77. The number of hydrogen-bond acceptors (Lipinski definition) is 4. The van der Waals surface area contributed by atoms with Crippen LogP contribution in [0.15, 0.2) is 38.1 Å². The summed E-state index contributed by atoms with van der Waals surface area (Å²) in [7, 11) is 0. The lowest BCUT2D eigenvalue weighted by Crippen LogP contribution is -1.62. The summed E-state index contributed by atoms with van der Waals surface area (Å²) in [6.45, 7) is 0. The van der Waals surface area contributed by atoms with Crippen LogP contribution in [0.1, 0.15) is 9.67 Å². The number of hydrogen-bond donors (Lipinski definition) is 0. The van der Waals surface area contributed by atoms with Crippen molar-refractivity contribution in [3.05, 3.63) is 34.5 Å². The van der Waals surface area contributed by atoms with Crippen molar-refractivity contribution in [2.45, 2.75) is 8.42 Å². The fourth-order valence-electron chi connectivity index (χ4n) is 0.873. The first kappa shape index (κ1) is 8.99. The van der Waals surface area contributed by atoms with Gasteiger partial charge in [0, 0.05) is 0 Å². The molecule has 0 bridgehead atoms. The van der Waals surface area contributed by atoms with Crippen molar-refractivity contribution in [2.24, 2.45) is 0 Å². The molecule has 2 aromatic rings. The fraction of sp³-hybridized carbons (Fsp3) is 0. The Morgan fingerprint density at radius 3 is 2.77 bits per heavy atom. The van der Waals surface area contributed by atoms with Crippen LogP contribution >= 0.6 is 34.4 Å². The van der Waals surface area contributed by atoms with Crippen molar-refractivity contribution in [1.29, 1.82) is 0 Å². The van der Waals surface area contributed by atoms with Gasteiger partial charge in [-0.3, -0.25) is 4.79 Å². The molecule has 1 nitrogen and oxygen atoms in total. The lowest BCUT2D eigenvalue weighted by molar-refractivity contribution is 0.112. The molecule has 0 spiro atoms. The molecule has 13 heavy (non-hydrogen) atoms. The van der Waals surface area contributed by atoms with Crippen LogP contribution in [0, 0.1) is 0 Å². The Bertz CT molecular complexity index is 389. The van der Waals surface area contributed by atoms with E-state index in [0.717, 1.165) is 11.2 Å². The van der Waals surface area contributed by atoms with Gasteiger partial charge in [0.15, 0.2) is 6.29 Å². The van der Waals surface area contributed by atoms with Crippen molar-refractivity contribution in [2.75, 3.05) is 0 Å². The maximum absolute atomic E-state index is 10.4. The molecule has 0 aromatic carbocycles. The van der Waals surface area contributed by atoms with Crippen LogP contribution in [0.3, 0.4) is 0 Å². The Hall–Kier alpha value is -0.580. The van der Waals surface area contributed by atoms with Gasteiger partial charge in [-0.1, -0.05) is 17.8 Å². The lowest BCUT2D eigenvalue weighted by atomic mass is 10.5. The van der Waals surface area contributed by atoms with Gasteiger partial charge in [-0.25, -0.2) is 0 Å². The highest BCUT2D eigenvalue weighted by atomic mass is 32.2. The maximum atomic E-state index is 10.4. The van der Waals surface area contributed by atoms with Crippen LogP contribution < -0.4 is 0 Å². The van der Waals surface area contributed by atoms with Gasteiger partial charge < -0.3 is 0 Å². The molecule has 0 amide bonds.